The number of alkyl halides is 4. The molecule has 0 amide bonds. The van der Waals surface area contributed by atoms with Gasteiger partial charge in [0, 0.05) is 0 Å². The van der Waals surface area contributed by atoms with Gasteiger partial charge in [0.25, 0.3) is 0 Å². The Morgan fingerprint density at radius 2 is 1.55 bits per heavy atom. The van der Waals surface area contributed by atoms with Gasteiger partial charge in [-0.25, -0.2) is 0 Å². The van der Waals surface area contributed by atoms with Gasteiger partial charge >= 0.3 is 6.18 Å². The lowest BCUT2D eigenvalue weighted by Gasteiger charge is -2.12. The molecule has 0 saturated carbocycles. The van der Waals surface area contributed by atoms with Crippen molar-refractivity contribution in [1.82, 2.24) is 0 Å². The molecule has 22 heavy (non-hydrogen) atoms. The van der Waals surface area contributed by atoms with Gasteiger partial charge < -0.3 is 14.6 Å². The molecule has 0 heterocycles. The molecule has 2 aromatic carbocycles. The van der Waals surface area contributed by atoms with Crippen molar-refractivity contribution in [2.24, 2.45) is 0 Å². The predicted molar refractivity (Wildman–Crippen MR) is 75.8 cm³/mol. The van der Waals surface area contributed by atoms with Crippen LogP contribution in [0.5, 0.6) is 23.0 Å². The number of benzene rings is 2. The molecule has 0 saturated heterocycles. The van der Waals surface area contributed by atoms with Crippen molar-refractivity contribution in [3.8, 4) is 23.0 Å². The minimum atomic E-state index is -4.65. The number of aromatic hydroxyl groups is 1. The average Bonchev–Trinajstić information content (AvgIpc) is 2.47. The largest absolute Gasteiger partial charge is 0.507 e. The lowest BCUT2D eigenvalue weighted by molar-refractivity contribution is -0.138. The molecule has 0 aliphatic heterocycles. The lowest BCUT2D eigenvalue weighted by atomic mass is 10.2. The Kier molecular flexibility index (Phi) is 5.03. The fourth-order valence-electron chi connectivity index (χ4n) is 1.70. The Balaban J connectivity index is 2.14. The zero-order valence-electron chi connectivity index (χ0n) is 11.2. The standard InChI is InChI=1S/C15H12ClF3O3/c16-7-8-21-10-1-3-11(4-2-10)22-12-5-6-14(20)13(9-12)15(17,18)19/h1-6,9,20H,7-8H2. The van der Waals surface area contributed by atoms with E-state index < -0.39 is 17.5 Å². The highest BCUT2D eigenvalue weighted by Crippen LogP contribution is 2.38. The van der Waals surface area contributed by atoms with Gasteiger partial charge in [-0.15, -0.1) is 11.6 Å². The van der Waals surface area contributed by atoms with Crippen molar-refractivity contribution in [2.45, 2.75) is 6.18 Å². The van der Waals surface area contributed by atoms with Crippen molar-refractivity contribution in [1.29, 1.82) is 0 Å². The normalized spacial score (nSPS) is 11.3. The van der Waals surface area contributed by atoms with Crippen LogP contribution < -0.4 is 9.47 Å². The summed E-state index contributed by atoms with van der Waals surface area (Å²) in [6.45, 7) is 0.356. The van der Waals surface area contributed by atoms with Gasteiger partial charge in [0.1, 0.15) is 35.2 Å². The van der Waals surface area contributed by atoms with Crippen molar-refractivity contribution in [3.05, 3.63) is 48.0 Å². The smallest absolute Gasteiger partial charge is 0.420 e. The maximum atomic E-state index is 12.7. The molecule has 118 valence electrons. The minimum Gasteiger partial charge on any atom is -0.507 e. The van der Waals surface area contributed by atoms with Crippen LogP contribution in [0, 0.1) is 0 Å². The van der Waals surface area contributed by atoms with Crippen molar-refractivity contribution in [3.63, 3.8) is 0 Å². The lowest BCUT2D eigenvalue weighted by Crippen LogP contribution is -2.05. The van der Waals surface area contributed by atoms with Gasteiger partial charge in [0.15, 0.2) is 0 Å². The molecule has 2 aromatic rings. The SMILES string of the molecule is Oc1ccc(Oc2ccc(OCCCl)cc2)cc1C(F)(F)F. The van der Waals surface area contributed by atoms with E-state index in [1.807, 2.05) is 0 Å². The fraction of sp³-hybridized carbons (Fsp3) is 0.200. The van der Waals surface area contributed by atoms with Gasteiger partial charge in [-0.3, -0.25) is 0 Å². The van der Waals surface area contributed by atoms with Crippen LogP contribution in [-0.2, 0) is 6.18 Å². The van der Waals surface area contributed by atoms with Gasteiger partial charge in [-0.2, -0.15) is 13.2 Å². The van der Waals surface area contributed by atoms with Gasteiger partial charge in [0.2, 0.25) is 0 Å². The minimum absolute atomic E-state index is 0.0282. The quantitative estimate of drug-likeness (QED) is 0.798. The van der Waals surface area contributed by atoms with Crippen LogP contribution in [0.15, 0.2) is 42.5 Å². The summed E-state index contributed by atoms with van der Waals surface area (Å²) in [5.74, 6) is 0.405. The van der Waals surface area contributed by atoms with Crippen LogP contribution in [0.4, 0.5) is 13.2 Å². The molecule has 0 aromatic heterocycles. The molecule has 0 radical (unpaired) electrons. The third-order valence-electron chi connectivity index (χ3n) is 2.68. The number of phenolic OH excluding ortho intramolecular Hbond substituents is 1. The van der Waals surface area contributed by atoms with Gasteiger partial charge in [0.05, 0.1) is 5.88 Å². The van der Waals surface area contributed by atoms with E-state index in [9.17, 15) is 18.3 Å². The summed E-state index contributed by atoms with van der Waals surface area (Å²) < 4.78 is 48.7. The monoisotopic (exact) mass is 332 g/mol. The van der Waals surface area contributed by atoms with E-state index in [2.05, 4.69) is 0 Å². The third-order valence-corrected chi connectivity index (χ3v) is 2.83. The van der Waals surface area contributed by atoms with Crippen LogP contribution in [0.1, 0.15) is 5.56 Å². The number of rotatable bonds is 5. The Bertz CT molecular complexity index is 627. The number of hydrogen-bond donors (Lipinski definition) is 1. The Labute approximate surface area is 129 Å². The summed E-state index contributed by atoms with van der Waals surface area (Å²) in [6, 6.07) is 9.29. The van der Waals surface area contributed by atoms with E-state index in [1.54, 1.807) is 24.3 Å². The van der Waals surface area contributed by atoms with Crippen molar-refractivity contribution >= 4 is 11.6 Å². The Morgan fingerprint density at radius 1 is 0.955 bits per heavy atom. The van der Waals surface area contributed by atoms with E-state index in [1.165, 1.54) is 6.07 Å². The number of phenols is 1. The highest BCUT2D eigenvalue weighted by Gasteiger charge is 2.34. The van der Waals surface area contributed by atoms with Crippen LogP contribution >= 0.6 is 11.6 Å². The first-order chi connectivity index (χ1) is 10.4. The molecule has 0 fully saturated rings. The van der Waals surface area contributed by atoms with E-state index >= 15 is 0 Å². The topological polar surface area (TPSA) is 38.7 Å². The molecule has 0 aliphatic carbocycles. The fourth-order valence-corrected chi connectivity index (χ4v) is 1.78. The highest BCUT2D eigenvalue weighted by atomic mass is 35.5. The van der Waals surface area contributed by atoms with Gasteiger partial charge in [-0.1, -0.05) is 0 Å². The van der Waals surface area contributed by atoms with Crippen molar-refractivity contribution < 1.29 is 27.8 Å². The first-order valence-electron chi connectivity index (χ1n) is 6.27. The summed E-state index contributed by atoms with van der Waals surface area (Å²) in [5.41, 5.74) is -1.15. The summed E-state index contributed by atoms with van der Waals surface area (Å²) in [6.07, 6.45) is -4.65. The number of hydrogen-bond acceptors (Lipinski definition) is 3. The molecular weight excluding hydrogens is 321 g/mol. The number of ether oxygens (including phenoxy) is 2. The van der Waals surface area contributed by atoms with E-state index in [-0.39, 0.29) is 5.75 Å². The van der Waals surface area contributed by atoms with Gasteiger partial charge in [-0.05, 0) is 42.5 Å². The maximum Gasteiger partial charge on any atom is 0.420 e. The first-order valence-corrected chi connectivity index (χ1v) is 6.80. The molecule has 2 rings (SSSR count). The van der Waals surface area contributed by atoms with E-state index in [0.29, 0.717) is 24.0 Å². The summed E-state index contributed by atoms with van der Waals surface area (Å²) in [7, 11) is 0. The second-order valence-electron chi connectivity index (χ2n) is 4.29. The molecule has 0 atom stereocenters. The second kappa shape index (κ2) is 6.79. The van der Waals surface area contributed by atoms with Crippen LogP contribution in [0.3, 0.4) is 0 Å². The van der Waals surface area contributed by atoms with Crippen molar-refractivity contribution in [2.75, 3.05) is 12.5 Å². The number of halogens is 4. The highest BCUT2D eigenvalue weighted by molar-refractivity contribution is 6.18. The van der Waals surface area contributed by atoms with Crippen LogP contribution in [0.2, 0.25) is 0 Å². The zero-order chi connectivity index (χ0) is 16.2. The molecule has 7 heteroatoms. The Hall–Kier alpha value is -2.08. The van der Waals surface area contributed by atoms with E-state index in [4.69, 9.17) is 21.1 Å². The third kappa shape index (κ3) is 4.21. The zero-order valence-corrected chi connectivity index (χ0v) is 12.0. The predicted octanol–water partition coefficient (Wildman–Crippen LogP) is 4.82. The molecule has 1 N–H and O–H groups in total. The molecule has 0 bridgehead atoms. The molecule has 0 aliphatic rings. The second-order valence-corrected chi connectivity index (χ2v) is 4.67. The molecule has 3 nitrogen and oxygen atoms in total. The summed E-state index contributed by atoms with van der Waals surface area (Å²) in [5, 5.41) is 9.25. The molecule has 0 spiro atoms. The Morgan fingerprint density at radius 3 is 2.14 bits per heavy atom. The van der Waals surface area contributed by atoms with Crippen LogP contribution in [0.25, 0.3) is 0 Å². The summed E-state index contributed by atoms with van der Waals surface area (Å²) >= 11 is 5.49. The van der Waals surface area contributed by atoms with E-state index in [0.717, 1.165) is 12.1 Å². The molecule has 0 unspecified atom stereocenters. The summed E-state index contributed by atoms with van der Waals surface area (Å²) in [4.78, 5) is 0. The average molecular weight is 333 g/mol. The maximum absolute atomic E-state index is 12.7. The molecular formula is C15H12ClF3O3. The first kappa shape index (κ1) is 16.3. The van der Waals surface area contributed by atoms with Crippen LogP contribution in [-0.4, -0.2) is 17.6 Å².